The summed E-state index contributed by atoms with van der Waals surface area (Å²) in [5, 5.41) is 19.7. The molecule has 1 fully saturated rings. The van der Waals surface area contributed by atoms with E-state index in [0.29, 0.717) is 0 Å². The van der Waals surface area contributed by atoms with Crippen LogP contribution in [0.3, 0.4) is 0 Å². The van der Waals surface area contributed by atoms with Gasteiger partial charge >= 0.3 is 0 Å². The van der Waals surface area contributed by atoms with Crippen LogP contribution in [0.2, 0.25) is 0 Å². The van der Waals surface area contributed by atoms with Gasteiger partial charge in [-0.25, -0.2) is 9.97 Å². The van der Waals surface area contributed by atoms with Crippen LogP contribution >= 0.6 is 11.6 Å². The third-order valence-corrected chi connectivity index (χ3v) is 3.43. The maximum Gasteiger partial charge on any atom is 0.278 e. The predicted molar refractivity (Wildman–Crippen MR) is 64.8 cm³/mol. The molecule has 0 aliphatic carbocycles. The van der Waals surface area contributed by atoms with Gasteiger partial charge in [-0.15, -0.1) is 11.6 Å². The molecule has 2 aromatic rings. The average Bonchev–Trinajstić information content (AvgIpc) is 2.94. The standard InChI is InChI=1S/C10H11ClN4O4/c11-1-4-6(16)7(17)10(19-4)15-3-14-5-8(15)12-2-13-9(5)18/h2-4,6-7,10,16-17H,1H2,(H,12,13,18)/t4-,6+,7-,10-/m0/s1. The third kappa shape index (κ3) is 1.84. The van der Waals surface area contributed by atoms with Crippen molar-refractivity contribution in [2.24, 2.45) is 0 Å². The molecular formula is C10H11ClN4O4. The lowest BCUT2D eigenvalue weighted by Gasteiger charge is -2.16. The molecule has 3 heterocycles. The van der Waals surface area contributed by atoms with Crippen molar-refractivity contribution < 1.29 is 14.9 Å². The van der Waals surface area contributed by atoms with Crippen molar-refractivity contribution >= 4 is 22.8 Å². The zero-order valence-electron chi connectivity index (χ0n) is 9.60. The highest BCUT2D eigenvalue weighted by molar-refractivity contribution is 6.18. The van der Waals surface area contributed by atoms with Gasteiger partial charge in [-0.3, -0.25) is 9.36 Å². The molecule has 0 saturated carbocycles. The summed E-state index contributed by atoms with van der Waals surface area (Å²) in [4.78, 5) is 21.9. The molecule has 4 atom stereocenters. The molecule has 0 unspecified atom stereocenters. The Morgan fingerprint density at radius 1 is 1.42 bits per heavy atom. The zero-order valence-corrected chi connectivity index (χ0v) is 10.4. The minimum atomic E-state index is -1.16. The molecular weight excluding hydrogens is 276 g/mol. The van der Waals surface area contributed by atoms with Gasteiger partial charge in [0.25, 0.3) is 5.56 Å². The average molecular weight is 287 g/mol. The Kier molecular flexibility index (Phi) is 3.02. The van der Waals surface area contributed by atoms with Crippen molar-refractivity contribution in [1.29, 1.82) is 0 Å². The highest BCUT2D eigenvalue weighted by atomic mass is 35.5. The van der Waals surface area contributed by atoms with E-state index in [0.717, 1.165) is 0 Å². The summed E-state index contributed by atoms with van der Waals surface area (Å²) in [7, 11) is 0. The number of imidazole rings is 1. The second-order valence-electron chi connectivity index (χ2n) is 4.26. The van der Waals surface area contributed by atoms with Crippen molar-refractivity contribution in [1.82, 2.24) is 19.5 Å². The summed E-state index contributed by atoms with van der Waals surface area (Å²) in [6.07, 6.45) is -1.24. The van der Waals surface area contributed by atoms with E-state index in [4.69, 9.17) is 16.3 Å². The number of hydrogen-bond acceptors (Lipinski definition) is 6. The number of fused-ring (bicyclic) bond motifs is 1. The van der Waals surface area contributed by atoms with E-state index in [1.807, 2.05) is 0 Å². The lowest BCUT2D eigenvalue weighted by molar-refractivity contribution is -0.0291. The molecule has 0 bridgehead atoms. The Bertz CT molecular complexity index is 656. The summed E-state index contributed by atoms with van der Waals surface area (Å²) in [6, 6.07) is 0. The van der Waals surface area contributed by atoms with E-state index in [1.54, 1.807) is 0 Å². The van der Waals surface area contributed by atoms with Crippen molar-refractivity contribution in [2.75, 3.05) is 5.88 Å². The molecule has 2 aromatic heterocycles. The fourth-order valence-electron chi connectivity index (χ4n) is 2.14. The Morgan fingerprint density at radius 3 is 2.89 bits per heavy atom. The summed E-state index contributed by atoms with van der Waals surface area (Å²) in [5.74, 6) is 0.0510. The molecule has 1 saturated heterocycles. The van der Waals surface area contributed by atoms with Gasteiger partial charge in [0, 0.05) is 0 Å². The number of nitrogens with one attached hydrogen (secondary N) is 1. The number of rotatable bonds is 2. The number of aliphatic hydroxyl groups is 2. The predicted octanol–water partition coefficient (Wildman–Crippen LogP) is -1.02. The van der Waals surface area contributed by atoms with Gasteiger partial charge in [-0.05, 0) is 0 Å². The molecule has 1 aliphatic heterocycles. The largest absolute Gasteiger partial charge is 0.387 e. The van der Waals surface area contributed by atoms with Crippen molar-refractivity contribution in [2.45, 2.75) is 24.5 Å². The SMILES string of the molecule is O=c1[nH]cnc2c1ncn2[C@H]1O[C@@H](CCl)[C@@H](O)[C@@H]1O. The van der Waals surface area contributed by atoms with Crippen molar-refractivity contribution in [3.8, 4) is 0 Å². The summed E-state index contributed by atoms with van der Waals surface area (Å²) >= 11 is 5.65. The quantitative estimate of drug-likeness (QED) is 0.609. The fourth-order valence-corrected chi connectivity index (χ4v) is 2.39. The second kappa shape index (κ2) is 4.57. The Morgan fingerprint density at radius 2 is 2.21 bits per heavy atom. The Hall–Kier alpha value is -1.48. The monoisotopic (exact) mass is 286 g/mol. The maximum absolute atomic E-state index is 11.5. The van der Waals surface area contributed by atoms with Crippen LogP contribution in [0, 0.1) is 0 Å². The van der Waals surface area contributed by atoms with E-state index >= 15 is 0 Å². The topological polar surface area (TPSA) is 113 Å². The minimum absolute atomic E-state index is 0.0510. The first kappa shape index (κ1) is 12.5. The number of nitrogens with zero attached hydrogens (tertiary/aromatic N) is 3. The van der Waals surface area contributed by atoms with Gasteiger partial charge in [-0.2, -0.15) is 0 Å². The molecule has 0 aromatic carbocycles. The molecule has 3 N–H and O–H groups in total. The molecule has 0 amide bonds. The van der Waals surface area contributed by atoms with Crippen LogP contribution in [0.4, 0.5) is 0 Å². The minimum Gasteiger partial charge on any atom is -0.387 e. The molecule has 102 valence electrons. The van der Waals surface area contributed by atoms with Crippen LogP contribution < -0.4 is 5.56 Å². The van der Waals surface area contributed by atoms with Crippen LogP contribution in [-0.4, -0.2) is 53.9 Å². The van der Waals surface area contributed by atoms with E-state index in [-0.39, 0.29) is 22.6 Å². The van der Waals surface area contributed by atoms with Crippen LogP contribution in [-0.2, 0) is 4.74 Å². The summed E-state index contributed by atoms with van der Waals surface area (Å²) < 4.78 is 6.87. The van der Waals surface area contributed by atoms with Gasteiger partial charge in [0.15, 0.2) is 17.4 Å². The number of alkyl halides is 1. The molecule has 8 nitrogen and oxygen atoms in total. The Balaban J connectivity index is 2.06. The highest BCUT2D eigenvalue weighted by Crippen LogP contribution is 2.31. The number of aliphatic hydroxyl groups excluding tert-OH is 2. The van der Waals surface area contributed by atoms with E-state index in [9.17, 15) is 15.0 Å². The number of H-pyrrole nitrogens is 1. The van der Waals surface area contributed by atoms with E-state index < -0.39 is 24.5 Å². The van der Waals surface area contributed by atoms with Crippen LogP contribution in [0.15, 0.2) is 17.4 Å². The van der Waals surface area contributed by atoms with Gasteiger partial charge in [0.05, 0.1) is 18.5 Å². The molecule has 1 aliphatic rings. The zero-order chi connectivity index (χ0) is 13.6. The highest BCUT2D eigenvalue weighted by Gasteiger charge is 2.43. The lowest BCUT2D eigenvalue weighted by Crippen LogP contribution is -2.32. The first-order valence-electron chi connectivity index (χ1n) is 5.61. The number of ether oxygens (including phenoxy) is 1. The van der Waals surface area contributed by atoms with E-state index in [2.05, 4.69) is 15.0 Å². The van der Waals surface area contributed by atoms with E-state index in [1.165, 1.54) is 17.2 Å². The lowest BCUT2D eigenvalue weighted by atomic mass is 10.1. The van der Waals surface area contributed by atoms with Gasteiger partial charge in [0.2, 0.25) is 0 Å². The van der Waals surface area contributed by atoms with Crippen LogP contribution in [0.5, 0.6) is 0 Å². The number of aromatic amines is 1. The normalized spacial score (nSPS) is 31.1. The van der Waals surface area contributed by atoms with Gasteiger partial charge in [0.1, 0.15) is 18.3 Å². The molecule has 19 heavy (non-hydrogen) atoms. The van der Waals surface area contributed by atoms with Gasteiger partial charge in [-0.1, -0.05) is 0 Å². The summed E-state index contributed by atoms with van der Waals surface area (Å²) in [6.45, 7) is 0. The molecule has 3 rings (SSSR count). The van der Waals surface area contributed by atoms with Gasteiger partial charge < -0.3 is 19.9 Å². The molecule has 0 spiro atoms. The molecule has 9 heteroatoms. The number of hydrogen-bond donors (Lipinski definition) is 3. The Labute approximate surface area is 111 Å². The van der Waals surface area contributed by atoms with Crippen molar-refractivity contribution in [3.63, 3.8) is 0 Å². The fraction of sp³-hybridized carbons (Fsp3) is 0.500. The second-order valence-corrected chi connectivity index (χ2v) is 4.56. The van der Waals surface area contributed by atoms with Crippen LogP contribution in [0.1, 0.15) is 6.23 Å². The van der Waals surface area contributed by atoms with Crippen LogP contribution in [0.25, 0.3) is 11.2 Å². The number of halogens is 1. The first-order chi connectivity index (χ1) is 9.13. The maximum atomic E-state index is 11.5. The molecule has 0 radical (unpaired) electrons. The summed E-state index contributed by atoms with van der Waals surface area (Å²) in [5.41, 5.74) is 0.0306. The number of aromatic nitrogens is 4. The first-order valence-corrected chi connectivity index (χ1v) is 6.14. The smallest absolute Gasteiger partial charge is 0.278 e. The van der Waals surface area contributed by atoms with Crippen molar-refractivity contribution in [3.05, 3.63) is 23.0 Å². The third-order valence-electron chi connectivity index (χ3n) is 3.13.